The second-order valence-corrected chi connectivity index (χ2v) is 5.56. The van der Waals surface area contributed by atoms with Crippen molar-refractivity contribution in [2.24, 2.45) is 0 Å². The summed E-state index contributed by atoms with van der Waals surface area (Å²) >= 11 is 0. The van der Waals surface area contributed by atoms with E-state index in [-0.39, 0.29) is 5.78 Å². The Morgan fingerprint density at radius 1 is 1.24 bits per heavy atom. The molecule has 1 N–H and O–H groups in total. The molecule has 1 aromatic carbocycles. The molecule has 0 spiro atoms. The lowest BCUT2D eigenvalue weighted by Gasteiger charge is -2.36. The molecule has 4 nitrogen and oxygen atoms in total. The molecule has 1 saturated heterocycles. The number of carbonyl (C=O) groups excluding carboxylic acids is 1. The summed E-state index contributed by atoms with van der Waals surface area (Å²) in [4.78, 5) is 13.3. The molecule has 2 aromatic rings. The van der Waals surface area contributed by atoms with Gasteiger partial charge < -0.3 is 5.32 Å². The summed E-state index contributed by atoms with van der Waals surface area (Å²) in [5.41, 5.74) is 1.43. The summed E-state index contributed by atoms with van der Waals surface area (Å²) in [5, 5.41) is 7.62. The van der Waals surface area contributed by atoms with Crippen LogP contribution in [0.1, 0.15) is 35.8 Å². The van der Waals surface area contributed by atoms with Crippen LogP contribution >= 0.6 is 0 Å². The van der Waals surface area contributed by atoms with Crippen molar-refractivity contribution in [3.63, 3.8) is 0 Å². The Morgan fingerprint density at radius 2 is 1.95 bits per heavy atom. The first kappa shape index (κ1) is 14.0. The number of hydrogen-bond acceptors (Lipinski definition) is 3. The van der Waals surface area contributed by atoms with E-state index < -0.39 is 5.41 Å². The van der Waals surface area contributed by atoms with Crippen molar-refractivity contribution in [3.8, 4) is 0 Å². The van der Waals surface area contributed by atoms with Crippen LogP contribution in [0.15, 0.2) is 42.6 Å². The maximum Gasteiger partial charge on any atom is 0.191 e. The monoisotopic (exact) mass is 283 g/mol. The Labute approximate surface area is 125 Å². The van der Waals surface area contributed by atoms with Gasteiger partial charge in [-0.1, -0.05) is 30.3 Å². The number of rotatable bonds is 4. The number of carbonyl (C=O) groups is 1. The van der Waals surface area contributed by atoms with Crippen molar-refractivity contribution in [2.45, 2.75) is 31.7 Å². The zero-order valence-electron chi connectivity index (χ0n) is 12.4. The van der Waals surface area contributed by atoms with Crippen LogP contribution in [0, 0.1) is 0 Å². The van der Waals surface area contributed by atoms with Crippen molar-refractivity contribution < 1.29 is 4.79 Å². The number of aryl methyl sites for hydroxylation is 1. The Morgan fingerprint density at radius 3 is 2.62 bits per heavy atom. The fourth-order valence-corrected chi connectivity index (χ4v) is 3.28. The number of ketones is 1. The third-order valence-corrected chi connectivity index (χ3v) is 4.47. The number of hydrogen-bond donors (Lipinski definition) is 1. The highest BCUT2D eigenvalue weighted by Crippen LogP contribution is 2.36. The van der Waals surface area contributed by atoms with E-state index in [0.717, 1.165) is 43.7 Å². The van der Waals surface area contributed by atoms with Gasteiger partial charge in [0.1, 0.15) is 5.69 Å². The van der Waals surface area contributed by atoms with E-state index in [9.17, 15) is 4.79 Å². The highest BCUT2D eigenvalue weighted by molar-refractivity contribution is 6.03. The quantitative estimate of drug-likeness (QED) is 0.877. The lowest BCUT2D eigenvalue weighted by molar-refractivity contribution is 0.0835. The average molecular weight is 283 g/mol. The van der Waals surface area contributed by atoms with Gasteiger partial charge in [0.15, 0.2) is 5.78 Å². The molecule has 0 radical (unpaired) electrons. The van der Waals surface area contributed by atoms with Gasteiger partial charge in [0.25, 0.3) is 0 Å². The van der Waals surface area contributed by atoms with Crippen LogP contribution < -0.4 is 5.32 Å². The lowest BCUT2D eigenvalue weighted by Crippen LogP contribution is -2.46. The standard InChI is InChI=1S/C17H21N3O/c1-2-20-15(8-11-19-20)16(21)17(9-12-18-13-10-17)14-6-4-3-5-7-14/h3-8,11,18H,2,9-10,12-13H2,1H3. The maximum absolute atomic E-state index is 13.3. The molecule has 21 heavy (non-hydrogen) atoms. The van der Waals surface area contributed by atoms with Gasteiger partial charge in [0, 0.05) is 12.7 Å². The third-order valence-electron chi connectivity index (χ3n) is 4.47. The third kappa shape index (κ3) is 2.40. The van der Waals surface area contributed by atoms with Gasteiger partial charge in [-0.2, -0.15) is 5.10 Å². The number of benzene rings is 1. The van der Waals surface area contributed by atoms with Crippen LogP contribution in [0.25, 0.3) is 0 Å². The topological polar surface area (TPSA) is 46.9 Å². The molecule has 1 aliphatic heterocycles. The summed E-state index contributed by atoms with van der Waals surface area (Å²) in [6.45, 7) is 4.49. The zero-order valence-corrected chi connectivity index (χ0v) is 12.4. The minimum atomic E-state index is -0.417. The molecular formula is C17H21N3O. The van der Waals surface area contributed by atoms with Crippen molar-refractivity contribution in [1.82, 2.24) is 15.1 Å². The van der Waals surface area contributed by atoms with Gasteiger partial charge in [0.05, 0.1) is 5.41 Å². The molecule has 110 valence electrons. The van der Waals surface area contributed by atoms with Crippen molar-refractivity contribution in [1.29, 1.82) is 0 Å². The first-order chi connectivity index (χ1) is 10.3. The second-order valence-electron chi connectivity index (χ2n) is 5.56. The molecule has 0 bridgehead atoms. The normalized spacial score (nSPS) is 17.6. The van der Waals surface area contributed by atoms with E-state index in [4.69, 9.17) is 0 Å². The van der Waals surface area contributed by atoms with E-state index in [1.165, 1.54) is 0 Å². The SMILES string of the molecule is CCn1nccc1C(=O)C1(c2ccccc2)CCNCC1. The van der Waals surface area contributed by atoms with Crippen LogP contribution in [0.2, 0.25) is 0 Å². The Bertz CT molecular complexity index is 612. The molecule has 0 atom stereocenters. The fraction of sp³-hybridized carbons (Fsp3) is 0.412. The predicted octanol–water partition coefficient (Wildman–Crippen LogP) is 2.41. The van der Waals surface area contributed by atoms with Crippen LogP contribution in [0.3, 0.4) is 0 Å². The van der Waals surface area contributed by atoms with E-state index in [0.29, 0.717) is 0 Å². The van der Waals surface area contributed by atoms with Gasteiger partial charge in [-0.15, -0.1) is 0 Å². The molecule has 0 saturated carbocycles. The Kier molecular flexibility index (Phi) is 3.88. The molecule has 4 heteroatoms. The number of nitrogens with zero attached hydrogens (tertiary/aromatic N) is 2. The first-order valence-electron chi connectivity index (χ1n) is 7.61. The number of aromatic nitrogens is 2. The van der Waals surface area contributed by atoms with E-state index >= 15 is 0 Å². The summed E-state index contributed by atoms with van der Waals surface area (Å²) in [7, 11) is 0. The lowest BCUT2D eigenvalue weighted by atomic mass is 9.69. The highest BCUT2D eigenvalue weighted by Gasteiger charge is 2.42. The molecule has 1 aliphatic rings. The van der Waals surface area contributed by atoms with Gasteiger partial charge in [-0.05, 0) is 44.5 Å². The predicted molar refractivity (Wildman–Crippen MR) is 82.5 cm³/mol. The number of Topliss-reactive ketones (excluding diaryl/α,β-unsaturated/α-hetero) is 1. The number of nitrogens with one attached hydrogen (secondary N) is 1. The Hall–Kier alpha value is -1.94. The molecule has 2 heterocycles. The largest absolute Gasteiger partial charge is 0.317 e. The van der Waals surface area contributed by atoms with Crippen LogP contribution in [-0.4, -0.2) is 28.7 Å². The number of piperidine rings is 1. The summed E-state index contributed by atoms with van der Waals surface area (Å²) in [5.74, 6) is 0.203. The van der Waals surface area contributed by atoms with E-state index in [1.807, 2.05) is 31.2 Å². The highest BCUT2D eigenvalue weighted by atomic mass is 16.1. The van der Waals surface area contributed by atoms with Gasteiger partial charge >= 0.3 is 0 Å². The first-order valence-corrected chi connectivity index (χ1v) is 7.61. The summed E-state index contributed by atoms with van der Waals surface area (Å²) in [6.07, 6.45) is 3.39. The minimum Gasteiger partial charge on any atom is -0.317 e. The average Bonchev–Trinajstić information content (AvgIpc) is 3.04. The zero-order chi connectivity index (χ0) is 14.7. The molecule has 0 unspecified atom stereocenters. The minimum absolute atomic E-state index is 0.203. The molecular weight excluding hydrogens is 262 g/mol. The smallest absolute Gasteiger partial charge is 0.191 e. The van der Waals surface area contributed by atoms with Gasteiger partial charge in [-0.25, -0.2) is 0 Å². The molecule has 3 rings (SSSR count). The van der Waals surface area contributed by atoms with Crippen molar-refractivity contribution in [3.05, 3.63) is 53.9 Å². The summed E-state index contributed by atoms with van der Waals surface area (Å²) in [6, 6.07) is 12.0. The van der Waals surface area contributed by atoms with Gasteiger partial charge in [-0.3, -0.25) is 9.48 Å². The fourth-order valence-electron chi connectivity index (χ4n) is 3.28. The molecule has 1 fully saturated rings. The van der Waals surface area contributed by atoms with Crippen LogP contribution in [0.5, 0.6) is 0 Å². The molecule has 0 aliphatic carbocycles. The summed E-state index contributed by atoms with van der Waals surface area (Å²) < 4.78 is 1.80. The van der Waals surface area contributed by atoms with Gasteiger partial charge in [0.2, 0.25) is 0 Å². The molecule has 1 aromatic heterocycles. The van der Waals surface area contributed by atoms with Crippen LogP contribution in [-0.2, 0) is 12.0 Å². The van der Waals surface area contributed by atoms with Crippen molar-refractivity contribution in [2.75, 3.05) is 13.1 Å². The maximum atomic E-state index is 13.3. The molecule has 0 amide bonds. The van der Waals surface area contributed by atoms with Crippen molar-refractivity contribution >= 4 is 5.78 Å². The van der Waals surface area contributed by atoms with E-state index in [1.54, 1.807) is 10.9 Å². The van der Waals surface area contributed by atoms with E-state index in [2.05, 4.69) is 22.5 Å². The second kappa shape index (κ2) is 5.82. The van der Waals surface area contributed by atoms with Crippen LogP contribution in [0.4, 0.5) is 0 Å². The Balaban J connectivity index is 2.06.